The number of halogens is 2. The van der Waals surface area contributed by atoms with Gasteiger partial charge in [-0.15, -0.1) is 0 Å². The van der Waals surface area contributed by atoms with E-state index in [0.717, 1.165) is 0 Å². The van der Waals surface area contributed by atoms with Crippen LogP contribution in [0.4, 0.5) is 0 Å². The molecule has 1 fully saturated rings. The first-order chi connectivity index (χ1) is 12.4. The van der Waals surface area contributed by atoms with Gasteiger partial charge >= 0.3 is 173 Å². The van der Waals surface area contributed by atoms with Crippen molar-refractivity contribution in [1.82, 2.24) is 20.4 Å². The molecular weight excluding hydrogens is 455 g/mol. The Morgan fingerprint density at radius 1 is 0.862 bits per heavy atom. The summed E-state index contributed by atoms with van der Waals surface area (Å²) in [6, 6.07) is -1.43. The minimum absolute atomic E-state index is 0. The van der Waals surface area contributed by atoms with Gasteiger partial charge < -0.3 is 24.8 Å². The van der Waals surface area contributed by atoms with Crippen molar-refractivity contribution < 1.29 is 64.4 Å². The van der Waals surface area contributed by atoms with Crippen LogP contribution in [0, 0.1) is 0 Å². The third-order valence-corrected chi connectivity index (χ3v) is 6.73. The topological polar surface area (TPSA) is 98.8 Å². The van der Waals surface area contributed by atoms with E-state index in [-0.39, 0.29) is 61.0 Å². The quantitative estimate of drug-likeness (QED) is 0.379. The van der Waals surface area contributed by atoms with Gasteiger partial charge in [-0.3, -0.25) is 0 Å². The van der Waals surface area contributed by atoms with E-state index in [1.807, 2.05) is 37.3 Å². The number of carbonyl (C=O) groups is 4. The summed E-state index contributed by atoms with van der Waals surface area (Å²) in [4.78, 5) is 52.4. The minimum atomic E-state index is -0.860. The fraction of sp³-hybridized carbons (Fsp3) is 0.778. The molecule has 0 aliphatic carbocycles. The second kappa shape index (κ2) is 13.3. The van der Waals surface area contributed by atoms with Crippen LogP contribution in [0.25, 0.3) is 0 Å². The molecule has 1 rings (SSSR count). The van der Waals surface area contributed by atoms with Crippen molar-refractivity contribution in [1.29, 1.82) is 0 Å². The van der Waals surface area contributed by atoms with E-state index in [9.17, 15) is 19.2 Å². The Morgan fingerprint density at radius 3 is 1.79 bits per heavy atom. The van der Waals surface area contributed by atoms with Gasteiger partial charge in [0, 0.05) is 0 Å². The molecule has 1 saturated heterocycles. The van der Waals surface area contributed by atoms with Gasteiger partial charge in [0.2, 0.25) is 0 Å². The fourth-order valence-corrected chi connectivity index (χ4v) is 3.47. The maximum absolute atomic E-state index is 12.4. The predicted octanol–water partition coefficient (Wildman–Crippen LogP) is -7.24. The Morgan fingerprint density at radius 2 is 1.38 bits per heavy atom. The maximum Gasteiger partial charge on any atom is -1.00 e. The summed E-state index contributed by atoms with van der Waals surface area (Å²) in [5.74, 6) is -0.184. The van der Waals surface area contributed by atoms with E-state index in [1.165, 1.54) is 27.7 Å². The average molecular weight is 486 g/mol. The number of ketones is 4. The fourth-order valence-electron chi connectivity index (χ4n) is 3.16. The molecule has 29 heavy (non-hydrogen) atoms. The summed E-state index contributed by atoms with van der Waals surface area (Å²) < 4.78 is -0.860. The van der Waals surface area contributed by atoms with Crippen LogP contribution in [0.15, 0.2) is 0 Å². The zero-order valence-corrected chi connectivity index (χ0v) is 20.9. The van der Waals surface area contributed by atoms with Gasteiger partial charge in [-0.2, -0.15) is 0 Å². The van der Waals surface area contributed by atoms with Gasteiger partial charge in [0.25, 0.3) is 0 Å². The Bertz CT molecular complexity index is 610. The van der Waals surface area contributed by atoms with Crippen molar-refractivity contribution in [2.24, 2.45) is 0 Å². The number of Topliss-reactive ketones (excluding diaryl/α,β-unsaturated/α-hetero) is 4. The molecule has 0 aromatic heterocycles. The number of hydrogen-bond acceptors (Lipinski definition) is 8. The zero-order valence-electron chi connectivity index (χ0n) is 17.8. The number of carbonyl (C=O) groups excluding carboxylic acids is 4. The van der Waals surface area contributed by atoms with Crippen LogP contribution in [0.2, 0.25) is 0 Å². The summed E-state index contributed by atoms with van der Waals surface area (Å²) in [6.45, 7) is 7.25. The first-order valence-electron chi connectivity index (χ1n) is 9.05. The van der Waals surface area contributed by atoms with Gasteiger partial charge in [0.15, 0.2) is 0 Å². The second-order valence-corrected chi connectivity index (χ2v) is 8.77. The first-order valence-corrected chi connectivity index (χ1v) is 9.83. The molecule has 0 aromatic rings. The molecule has 11 heteroatoms. The van der Waals surface area contributed by atoms with E-state index in [0.29, 0.717) is 13.1 Å². The molecule has 8 nitrogen and oxygen atoms in total. The Balaban J connectivity index is 0. The largest absolute Gasteiger partial charge is 1.00 e. The summed E-state index contributed by atoms with van der Waals surface area (Å²) >= 11 is 1.81. The molecule has 4 atom stereocenters. The smallest absolute Gasteiger partial charge is 1.00 e. The van der Waals surface area contributed by atoms with E-state index in [2.05, 4.69) is 10.6 Å². The van der Waals surface area contributed by atoms with Gasteiger partial charge in [0.05, 0.1) is 0 Å². The maximum atomic E-state index is 12.4. The minimum Gasteiger partial charge on any atom is -1.00 e. The molecule has 2 N–H and O–H groups in total. The predicted molar refractivity (Wildman–Crippen MR) is 98.1 cm³/mol. The first kappa shape index (κ1) is 31.0. The SMILES string of the molecule is CC(=O)C1CNC(C(C)=O)CN(C)C(C(C)=O)CN(C)[C]([Ti+2])(C(C)=O)CN1.[Cl-].[Cl-]. The molecule has 0 bridgehead atoms. The standard InChI is InChI=1S/C18H31N4O4.2ClH.Ti/c1-11(23)15-7-19-16(12(2)24)9-21(5)18(14(4)26)10-22(6)17(8-20-15)13(3)25;;;/h15-16,18-20H,7-10H2,1-6H3;2*1H;/q;;;+2/p-2. The number of rotatable bonds is 4. The number of likely N-dealkylation sites (N-methyl/N-ethyl adjacent to an activating group) is 2. The molecule has 1 aliphatic heterocycles. The zero-order chi connectivity index (χ0) is 20.9. The van der Waals surface area contributed by atoms with E-state index >= 15 is 0 Å². The Hall–Kier alpha value is -0.186. The molecule has 0 amide bonds. The normalized spacial score (nSPS) is 30.0. The van der Waals surface area contributed by atoms with E-state index in [1.54, 1.807) is 7.05 Å². The molecule has 1 aliphatic rings. The van der Waals surface area contributed by atoms with Gasteiger partial charge in [-0.1, -0.05) is 0 Å². The summed E-state index contributed by atoms with van der Waals surface area (Å²) in [6.07, 6.45) is 0. The van der Waals surface area contributed by atoms with Gasteiger partial charge in [-0.25, -0.2) is 0 Å². The molecule has 0 radical (unpaired) electrons. The monoisotopic (exact) mass is 485 g/mol. The summed E-state index contributed by atoms with van der Waals surface area (Å²) in [7, 11) is 3.61. The van der Waals surface area contributed by atoms with Gasteiger partial charge in [0.1, 0.15) is 0 Å². The van der Waals surface area contributed by atoms with Crippen molar-refractivity contribution in [2.75, 3.05) is 40.3 Å². The van der Waals surface area contributed by atoms with Crippen LogP contribution in [-0.2, 0) is 39.6 Å². The van der Waals surface area contributed by atoms with Crippen molar-refractivity contribution >= 4 is 23.1 Å². The molecule has 165 valence electrons. The van der Waals surface area contributed by atoms with Crippen LogP contribution in [0.1, 0.15) is 27.7 Å². The molecular formula is C18H31Cl2N4O4Ti. The van der Waals surface area contributed by atoms with Crippen LogP contribution in [0.3, 0.4) is 0 Å². The van der Waals surface area contributed by atoms with Crippen LogP contribution >= 0.6 is 0 Å². The van der Waals surface area contributed by atoms with Crippen LogP contribution in [0.5, 0.6) is 0 Å². The number of nitrogens with one attached hydrogen (secondary N) is 2. The molecule has 1 heterocycles. The van der Waals surface area contributed by atoms with E-state index in [4.69, 9.17) is 0 Å². The third-order valence-electron chi connectivity index (χ3n) is 5.31. The Kier molecular flexibility index (Phi) is 14.2. The van der Waals surface area contributed by atoms with Crippen molar-refractivity contribution in [2.45, 2.75) is 49.7 Å². The molecule has 0 aromatic carbocycles. The number of nitrogens with zero attached hydrogens (tertiary/aromatic N) is 2. The van der Waals surface area contributed by atoms with Crippen LogP contribution in [-0.4, -0.2) is 95.2 Å². The average Bonchev–Trinajstić information content (AvgIpc) is 2.55. The second-order valence-electron chi connectivity index (χ2n) is 7.48. The third kappa shape index (κ3) is 8.46. The number of hydrogen-bond donors (Lipinski definition) is 2. The Labute approximate surface area is 197 Å². The molecule has 0 saturated carbocycles. The summed E-state index contributed by atoms with van der Waals surface area (Å²) in [5, 5.41) is 6.31. The molecule has 4 unspecified atom stereocenters. The van der Waals surface area contributed by atoms with E-state index < -0.39 is 22.0 Å². The van der Waals surface area contributed by atoms with Crippen molar-refractivity contribution in [3.8, 4) is 0 Å². The van der Waals surface area contributed by atoms with Crippen LogP contribution < -0.4 is 35.4 Å². The summed E-state index contributed by atoms with van der Waals surface area (Å²) in [5.41, 5.74) is 0. The molecule has 0 spiro atoms. The van der Waals surface area contributed by atoms with Crippen molar-refractivity contribution in [3.63, 3.8) is 0 Å². The van der Waals surface area contributed by atoms with Crippen molar-refractivity contribution in [3.05, 3.63) is 0 Å². The van der Waals surface area contributed by atoms with Gasteiger partial charge in [-0.05, 0) is 0 Å².